The Hall–Kier alpha value is -0.290. The van der Waals surface area contributed by atoms with Crippen LogP contribution in [0.2, 0.25) is 5.02 Å². The van der Waals surface area contributed by atoms with Crippen LogP contribution in [0.3, 0.4) is 0 Å². The Kier molecular flexibility index (Phi) is 4.55. The van der Waals surface area contributed by atoms with Gasteiger partial charge in [0.05, 0.1) is 10.6 Å². The first-order valence-corrected chi connectivity index (χ1v) is 8.27. The monoisotopic (exact) mass is 359 g/mol. The summed E-state index contributed by atoms with van der Waals surface area (Å²) in [5.74, 6) is 0. The molecule has 2 fully saturated rings. The molecule has 2 aliphatic heterocycles. The van der Waals surface area contributed by atoms with Crippen molar-refractivity contribution in [3.8, 4) is 0 Å². The first kappa shape index (κ1) is 14.6. The number of ether oxygens (including phenoxy) is 2. The topological polar surface area (TPSA) is 30.5 Å². The van der Waals surface area contributed by atoms with Crippen LogP contribution in [-0.2, 0) is 9.47 Å². The summed E-state index contributed by atoms with van der Waals surface area (Å²) in [5, 5.41) is 4.33. The van der Waals surface area contributed by atoms with E-state index in [-0.39, 0.29) is 5.60 Å². The molecule has 1 N–H and O–H groups in total. The van der Waals surface area contributed by atoms with E-state index in [1.165, 1.54) is 0 Å². The van der Waals surface area contributed by atoms with Gasteiger partial charge in [0.2, 0.25) is 0 Å². The SMILES string of the molecule is Clc1cc(NC2CCOC3(CCOCC3)C2)ccc1Br. The van der Waals surface area contributed by atoms with E-state index in [0.29, 0.717) is 6.04 Å². The zero-order valence-corrected chi connectivity index (χ0v) is 13.7. The molecule has 1 aromatic rings. The Balaban J connectivity index is 1.66. The molecule has 2 saturated heterocycles. The Bertz CT molecular complexity index is 471. The number of halogens is 2. The quantitative estimate of drug-likeness (QED) is 0.855. The van der Waals surface area contributed by atoms with Crippen LogP contribution in [-0.4, -0.2) is 31.5 Å². The smallest absolute Gasteiger partial charge is 0.0745 e. The highest BCUT2D eigenvalue weighted by Crippen LogP contribution is 2.35. The van der Waals surface area contributed by atoms with E-state index in [0.717, 1.165) is 60.7 Å². The molecule has 1 aromatic carbocycles. The molecule has 2 aliphatic rings. The molecule has 1 unspecified atom stereocenters. The first-order chi connectivity index (χ1) is 9.67. The second-order valence-electron chi connectivity index (χ2n) is 5.61. The standard InChI is InChI=1S/C15H19BrClNO2/c16-13-2-1-11(9-14(13)17)18-12-3-6-20-15(10-12)4-7-19-8-5-15/h1-2,9,12,18H,3-8,10H2. The molecular formula is C15H19BrClNO2. The van der Waals surface area contributed by atoms with Crippen LogP contribution in [0.25, 0.3) is 0 Å². The maximum Gasteiger partial charge on any atom is 0.0745 e. The maximum atomic E-state index is 6.15. The molecule has 1 atom stereocenters. The van der Waals surface area contributed by atoms with Crippen molar-refractivity contribution in [2.24, 2.45) is 0 Å². The summed E-state index contributed by atoms with van der Waals surface area (Å²) >= 11 is 9.56. The van der Waals surface area contributed by atoms with Crippen LogP contribution in [0.4, 0.5) is 5.69 Å². The summed E-state index contributed by atoms with van der Waals surface area (Å²) in [4.78, 5) is 0. The van der Waals surface area contributed by atoms with Crippen LogP contribution < -0.4 is 5.32 Å². The molecule has 3 nitrogen and oxygen atoms in total. The van der Waals surface area contributed by atoms with Gasteiger partial charge in [-0.1, -0.05) is 11.6 Å². The Morgan fingerprint density at radius 2 is 2.05 bits per heavy atom. The van der Waals surface area contributed by atoms with Gasteiger partial charge in [-0.15, -0.1) is 0 Å². The van der Waals surface area contributed by atoms with Crippen LogP contribution in [0, 0.1) is 0 Å². The molecule has 0 radical (unpaired) electrons. The predicted octanol–water partition coefficient (Wildman–Crippen LogP) is 4.24. The number of nitrogens with one attached hydrogen (secondary N) is 1. The molecule has 0 bridgehead atoms. The minimum atomic E-state index is 0.0212. The van der Waals surface area contributed by atoms with Crippen LogP contribution in [0.1, 0.15) is 25.7 Å². The van der Waals surface area contributed by atoms with Crippen molar-refractivity contribution in [3.63, 3.8) is 0 Å². The minimum Gasteiger partial charge on any atom is -0.382 e. The number of rotatable bonds is 2. The molecule has 110 valence electrons. The van der Waals surface area contributed by atoms with Crippen molar-refractivity contribution < 1.29 is 9.47 Å². The van der Waals surface area contributed by atoms with Gasteiger partial charge in [-0.25, -0.2) is 0 Å². The Morgan fingerprint density at radius 3 is 2.80 bits per heavy atom. The van der Waals surface area contributed by atoms with Gasteiger partial charge in [0.1, 0.15) is 0 Å². The molecular weight excluding hydrogens is 342 g/mol. The van der Waals surface area contributed by atoms with E-state index < -0.39 is 0 Å². The van der Waals surface area contributed by atoms with E-state index in [1.807, 2.05) is 12.1 Å². The van der Waals surface area contributed by atoms with Crippen molar-refractivity contribution in [1.82, 2.24) is 0 Å². The Morgan fingerprint density at radius 1 is 1.25 bits per heavy atom. The van der Waals surface area contributed by atoms with E-state index in [9.17, 15) is 0 Å². The van der Waals surface area contributed by atoms with Crippen LogP contribution in [0.15, 0.2) is 22.7 Å². The average Bonchev–Trinajstić information content (AvgIpc) is 2.44. The van der Waals surface area contributed by atoms with Gasteiger partial charge in [0.15, 0.2) is 0 Å². The second-order valence-corrected chi connectivity index (χ2v) is 6.87. The van der Waals surface area contributed by atoms with Crippen molar-refractivity contribution in [2.45, 2.75) is 37.3 Å². The lowest BCUT2D eigenvalue weighted by atomic mass is 9.84. The minimum absolute atomic E-state index is 0.0212. The molecule has 0 saturated carbocycles. The molecule has 2 heterocycles. The third kappa shape index (κ3) is 3.30. The summed E-state index contributed by atoms with van der Waals surface area (Å²) < 4.78 is 12.4. The van der Waals surface area contributed by atoms with E-state index in [1.54, 1.807) is 0 Å². The van der Waals surface area contributed by atoms with Gasteiger partial charge in [-0.2, -0.15) is 0 Å². The van der Waals surface area contributed by atoms with Gasteiger partial charge < -0.3 is 14.8 Å². The summed E-state index contributed by atoms with van der Waals surface area (Å²) in [6.07, 6.45) is 4.10. The third-order valence-corrected chi connectivity index (χ3v) is 5.42. The fraction of sp³-hybridized carbons (Fsp3) is 0.600. The van der Waals surface area contributed by atoms with Gasteiger partial charge >= 0.3 is 0 Å². The summed E-state index contributed by atoms with van der Waals surface area (Å²) in [7, 11) is 0. The average molecular weight is 361 g/mol. The lowest BCUT2D eigenvalue weighted by molar-refractivity contribution is -0.135. The zero-order valence-electron chi connectivity index (χ0n) is 11.3. The highest BCUT2D eigenvalue weighted by atomic mass is 79.9. The van der Waals surface area contributed by atoms with Crippen molar-refractivity contribution in [2.75, 3.05) is 25.1 Å². The van der Waals surface area contributed by atoms with Crippen LogP contribution >= 0.6 is 27.5 Å². The molecule has 1 spiro atoms. The molecule has 0 amide bonds. The number of benzene rings is 1. The Labute approximate surface area is 133 Å². The highest BCUT2D eigenvalue weighted by Gasteiger charge is 2.38. The largest absolute Gasteiger partial charge is 0.382 e. The van der Waals surface area contributed by atoms with E-state index >= 15 is 0 Å². The fourth-order valence-electron chi connectivity index (χ4n) is 3.06. The molecule has 3 rings (SSSR count). The highest BCUT2D eigenvalue weighted by molar-refractivity contribution is 9.10. The first-order valence-electron chi connectivity index (χ1n) is 7.10. The summed E-state index contributed by atoms with van der Waals surface area (Å²) in [5.41, 5.74) is 1.10. The zero-order chi connectivity index (χ0) is 14.0. The summed E-state index contributed by atoms with van der Waals surface area (Å²) in [6.45, 7) is 2.45. The predicted molar refractivity (Wildman–Crippen MR) is 84.5 cm³/mol. The lowest BCUT2D eigenvalue weighted by Crippen LogP contribution is -2.47. The van der Waals surface area contributed by atoms with Crippen LogP contribution in [0.5, 0.6) is 0 Å². The number of hydrogen-bond acceptors (Lipinski definition) is 3. The molecule has 0 aliphatic carbocycles. The fourth-order valence-corrected chi connectivity index (χ4v) is 3.49. The van der Waals surface area contributed by atoms with Gasteiger partial charge in [-0.3, -0.25) is 0 Å². The summed E-state index contributed by atoms with van der Waals surface area (Å²) in [6, 6.07) is 6.45. The molecule has 20 heavy (non-hydrogen) atoms. The number of hydrogen-bond donors (Lipinski definition) is 1. The van der Waals surface area contributed by atoms with E-state index in [4.69, 9.17) is 21.1 Å². The van der Waals surface area contributed by atoms with Crippen molar-refractivity contribution in [1.29, 1.82) is 0 Å². The van der Waals surface area contributed by atoms with Gasteiger partial charge in [0, 0.05) is 36.0 Å². The molecule has 5 heteroatoms. The maximum absolute atomic E-state index is 6.15. The van der Waals surface area contributed by atoms with Crippen molar-refractivity contribution >= 4 is 33.2 Å². The normalized spacial score (nSPS) is 25.6. The van der Waals surface area contributed by atoms with E-state index in [2.05, 4.69) is 27.3 Å². The third-order valence-electron chi connectivity index (χ3n) is 4.19. The molecule has 0 aromatic heterocycles. The van der Waals surface area contributed by atoms with Gasteiger partial charge in [-0.05, 0) is 59.8 Å². The van der Waals surface area contributed by atoms with Crippen molar-refractivity contribution in [3.05, 3.63) is 27.7 Å². The van der Waals surface area contributed by atoms with Gasteiger partial charge in [0.25, 0.3) is 0 Å². The lowest BCUT2D eigenvalue weighted by Gasteiger charge is -2.43. The number of anilines is 1. The second kappa shape index (κ2) is 6.22.